The number of anilines is 1. The monoisotopic (exact) mass is 286 g/mol. The van der Waals surface area contributed by atoms with Gasteiger partial charge in [-0.2, -0.15) is 0 Å². The van der Waals surface area contributed by atoms with Gasteiger partial charge in [0.05, 0.1) is 18.9 Å². The smallest absolute Gasteiger partial charge is 0.181 e. The average Bonchev–Trinajstić information content (AvgIpc) is 3.18. The Morgan fingerprint density at radius 1 is 1.35 bits per heavy atom. The molecule has 0 aliphatic carbocycles. The molecule has 0 aliphatic heterocycles. The van der Waals surface area contributed by atoms with E-state index in [0.717, 1.165) is 23.5 Å². The molecule has 0 saturated carbocycles. The second-order valence-corrected chi connectivity index (χ2v) is 5.25. The molecule has 3 aromatic rings. The Morgan fingerprint density at radius 3 is 3.00 bits per heavy atom. The van der Waals surface area contributed by atoms with Crippen LogP contribution in [0.15, 0.2) is 52.7 Å². The van der Waals surface area contributed by atoms with Crippen molar-refractivity contribution in [3.63, 3.8) is 0 Å². The van der Waals surface area contributed by atoms with Crippen molar-refractivity contribution in [3.8, 4) is 17.1 Å². The minimum Gasteiger partial charge on any atom is -0.496 e. The number of aromatic nitrogens is 1. The molecule has 0 spiro atoms. The molecule has 0 radical (unpaired) electrons. The van der Waals surface area contributed by atoms with Gasteiger partial charge in [0.15, 0.2) is 12.2 Å². The zero-order valence-electron chi connectivity index (χ0n) is 11.0. The number of ether oxygens (including phenoxy) is 1. The van der Waals surface area contributed by atoms with Crippen molar-refractivity contribution in [2.45, 2.75) is 6.54 Å². The first-order chi connectivity index (χ1) is 9.86. The van der Waals surface area contributed by atoms with Gasteiger partial charge in [0.25, 0.3) is 0 Å². The lowest BCUT2D eigenvalue weighted by Crippen LogP contribution is -1.98. The van der Waals surface area contributed by atoms with Gasteiger partial charge in [-0.1, -0.05) is 6.07 Å². The lowest BCUT2D eigenvalue weighted by atomic mass is 10.1. The fourth-order valence-corrected chi connectivity index (χ4v) is 2.60. The Bertz CT molecular complexity index is 663. The van der Waals surface area contributed by atoms with Crippen LogP contribution in [0.2, 0.25) is 0 Å². The summed E-state index contributed by atoms with van der Waals surface area (Å²) in [5.74, 6) is 1.46. The molecule has 5 heteroatoms. The quantitative estimate of drug-likeness (QED) is 0.769. The molecule has 102 valence electrons. The summed E-state index contributed by atoms with van der Waals surface area (Å²) >= 11 is 1.74. The van der Waals surface area contributed by atoms with E-state index in [1.807, 2.05) is 18.2 Å². The maximum atomic E-state index is 5.42. The number of methoxy groups -OCH3 is 1. The van der Waals surface area contributed by atoms with E-state index < -0.39 is 0 Å². The summed E-state index contributed by atoms with van der Waals surface area (Å²) in [6.45, 7) is 0.808. The summed E-state index contributed by atoms with van der Waals surface area (Å²) in [4.78, 5) is 5.22. The summed E-state index contributed by atoms with van der Waals surface area (Å²) in [5, 5.41) is 5.45. The van der Waals surface area contributed by atoms with E-state index in [1.54, 1.807) is 24.6 Å². The Balaban J connectivity index is 1.80. The third kappa shape index (κ3) is 2.67. The van der Waals surface area contributed by atoms with Crippen LogP contribution >= 0.6 is 11.3 Å². The van der Waals surface area contributed by atoms with Gasteiger partial charge in [-0.3, -0.25) is 0 Å². The van der Waals surface area contributed by atoms with E-state index in [9.17, 15) is 0 Å². The fourth-order valence-electron chi connectivity index (χ4n) is 1.96. The van der Waals surface area contributed by atoms with Crippen LogP contribution in [0.3, 0.4) is 0 Å². The molecule has 2 heterocycles. The third-order valence-corrected chi connectivity index (χ3v) is 3.82. The van der Waals surface area contributed by atoms with Gasteiger partial charge in [-0.15, -0.1) is 11.3 Å². The van der Waals surface area contributed by atoms with Crippen molar-refractivity contribution in [2.75, 3.05) is 12.4 Å². The highest BCUT2D eigenvalue weighted by atomic mass is 32.1. The van der Waals surface area contributed by atoms with Crippen molar-refractivity contribution < 1.29 is 9.15 Å². The van der Waals surface area contributed by atoms with Crippen LogP contribution in [0.25, 0.3) is 11.3 Å². The van der Waals surface area contributed by atoms with Gasteiger partial charge < -0.3 is 14.5 Å². The number of oxazole rings is 1. The van der Waals surface area contributed by atoms with Gasteiger partial charge >= 0.3 is 0 Å². The average molecular weight is 286 g/mol. The number of hydrogen-bond acceptors (Lipinski definition) is 5. The zero-order chi connectivity index (χ0) is 13.8. The van der Waals surface area contributed by atoms with E-state index >= 15 is 0 Å². The molecule has 0 aliphatic rings. The molecule has 0 atom stereocenters. The number of thiophene rings is 1. The van der Waals surface area contributed by atoms with Gasteiger partial charge in [0.1, 0.15) is 5.75 Å². The topological polar surface area (TPSA) is 47.3 Å². The number of rotatable bonds is 5. The number of nitrogens with zero attached hydrogens (tertiary/aromatic N) is 1. The largest absolute Gasteiger partial charge is 0.496 e. The van der Waals surface area contributed by atoms with Crippen LogP contribution < -0.4 is 10.1 Å². The van der Waals surface area contributed by atoms with Crippen LogP contribution in [0.4, 0.5) is 5.69 Å². The maximum absolute atomic E-state index is 5.42. The van der Waals surface area contributed by atoms with Crippen LogP contribution in [-0.4, -0.2) is 12.1 Å². The first kappa shape index (κ1) is 12.7. The van der Waals surface area contributed by atoms with Gasteiger partial charge in [0, 0.05) is 23.2 Å². The van der Waals surface area contributed by atoms with Crippen molar-refractivity contribution in [3.05, 3.63) is 53.2 Å². The van der Waals surface area contributed by atoms with Crippen LogP contribution in [0, 0.1) is 0 Å². The molecule has 3 rings (SSSR count). The molecule has 1 N–H and O–H groups in total. The van der Waals surface area contributed by atoms with Crippen molar-refractivity contribution >= 4 is 17.0 Å². The molecule has 0 fully saturated rings. The minimum atomic E-state index is 0.701. The van der Waals surface area contributed by atoms with E-state index in [-0.39, 0.29) is 0 Å². The molecule has 2 aromatic heterocycles. The number of nitrogens with one attached hydrogen (secondary N) is 1. The molecule has 4 nitrogen and oxygen atoms in total. The van der Waals surface area contributed by atoms with E-state index in [2.05, 4.69) is 27.8 Å². The predicted molar refractivity (Wildman–Crippen MR) is 80.1 cm³/mol. The van der Waals surface area contributed by atoms with Crippen molar-refractivity contribution in [1.29, 1.82) is 0 Å². The predicted octanol–water partition coefficient (Wildman–Crippen LogP) is 4.02. The Labute approximate surface area is 121 Å². The lowest BCUT2D eigenvalue weighted by Gasteiger charge is -2.10. The summed E-state index contributed by atoms with van der Waals surface area (Å²) in [6.07, 6.45) is 3.09. The molecule has 0 bridgehead atoms. The fraction of sp³-hybridized carbons (Fsp3) is 0.133. The summed E-state index contributed by atoms with van der Waals surface area (Å²) in [6, 6.07) is 10.1. The van der Waals surface area contributed by atoms with Gasteiger partial charge in [-0.25, -0.2) is 4.98 Å². The van der Waals surface area contributed by atoms with Gasteiger partial charge in [-0.05, 0) is 23.6 Å². The molecule has 0 saturated heterocycles. The molecule has 0 amide bonds. The van der Waals surface area contributed by atoms with Crippen LogP contribution in [0.5, 0.6) is 5.75 Å². The molecule has 20 heavy (non-hydrogen) atoms. The Morgan fingerprint density at radius 2 is 2.30 bits per heavy atom. The highest BCUT2D eigenvalue weighted by molar-refractivity contribution is 7.09. The van der Waals surface area contributed by atoms with Crippen molar-refractivity contribution in [1.82, 2.24) is 4.98 Å². The number of hydrogen-bond donors (Lipinski definition) is 1. The second-order valence-electron chi connectivity index (χ2n) is 4.21. The highest BCUT2D eigenvalue weighted by Crippen LogP contribution is 2.32. The van der Waals surface area contributed by atoms with Gasteiger partial charge in [0.2, 0.25) is 0 Å². The Hall–Kier alpha value is -2.27. The summed E-state index contributed by atoms with van der Waals surface area (Å²) < 4.78 is 10.7. The molecular weight excluding hydrogens is 272 g/mol. The third-order valence-electron chi connectivity index (χ3n) is 2.95. The maximum Gasteiger partial charge on any atom is 0.181 e. The first-order valence-electron chi connectivity index (χ1n) is 6.20. The zero-order valence-corrected chi connectivity index (χ0v) is 11.8. The van der Waals surface area contributed by atoms with Crippen molar-refractivity contribution in [2.24, 2.45) is 0 Å². The second kappa shape index (κ2) is 5.79. The van der Waals surface area contributed by atoms with E-state index in [0.29, 0.717) is 5.76 Å². The SMILES string of the molecule is COc1cc(NCc2cccs2)ccc1-c1cnco1. The lowest BCUT2D eigenvalue weighted by molar-refractivity contribution is 0.415. The van der Waals surface area contributed by atoms with E-state index in [1.165, 1.54) is 11.3 Å². The molecule has 0 unspecified atom stereocenters. The molecular formula is C15H14N2O2S. The van der Waals surface area contributed by atoms with E-state index in [4.69, 9.17) is 9.15 Å². The standard InChI is InChI=1S/C15H14N2O2S/c1-18-14-7-11(17-8-12-3-2-6-20-12)4-5-13(14)15-9-16-10-19-15/h2-7,9-10,17H,8H2,1H3. The minimum absolute atomic E-state index is 0.701. The number of benzene rings is 1. The van der Waals surface area contributed by atoms with Crippen LogP contribution in [-0.2, 0) is 6.54 Å². The first-order valence-corrected chi connectivity index (χ1v) is 7.08. The molecule has 1 aromatic carbocycles. The summed E-state index contributed by atoms with van der Waals surface area (Å²) in [5.41, 5.74) is 1.91. The highest BCUT2D eigenvalue weighted by Gasteiger charge is 2.09. The summed E-state index contributed by atoms with van der Waals surface area (Å²) in [7, 11) is 1.65. The van der Waals surface area contributed by atoms with Crippen LogP contribution in [0.1, 0.15) is 4.88 Å². The normalized spacial score (nSPS) is 10.4. The Kier molecular flexibility index (Phi) is 3.69.